The van der Waals surface area contributed by atoms with Crippen molar-refractivity contribution in [1.82, 2.24) is 0 Å². The predicted octanol–water partition coefficient (Wildman–Crippen LogP) is 1.82. The number of nitrogens with two attached hydrogens (primary N) is 1. The first-order valence-electron chi connectivity index (χ1n) is 5.15. The number of carbonyl (C=O) groups is 1. The molecule has 1 unspecified atom stereocenters. The maximum atomic E-state index is 10.8. The minimum atomic E-state index is -0.795. The average Bonchev–Trinajstić information content (AvgIpc) is 2.97. The van der Waals surface area contributed by atoms with Crippen molar-refractivity contribution in [2.45, 2.75) is 31.2 Å². The van der Waals surface area contributed by atoms with E-state index in [2.05, 4.69) is 0 Å². The van der Waals surface area contributed by atoms with Crippen LogP contribution < -0.4 is 5.73 Å². The summed E-state index contributed by atoms with van der Waals surface area (Å²) in [5.41, 5.74) is 7.85. The van der Waals surface area contributed by atoms with Crippen molar-refractivity contribution in [1.29, 1.82) is 0 Å². The van der Waals surface area contributed by atoms with Crippen molar-refractivity contribution in [3.05, 3.63) is 35.4 Å². The molecule has 2 rings (SSSR count). The molecule has 3 nitrogen and oxygen atoms in total. The van der Waals surface area contributed by atoms with Crippen LogP contribution in [0.1, 0.15) is 36.8 Å². The zero-order valence-corrected chi connectivity index (χ0v) is 8.73. The molecule has 1 aromatic carbocycles. The Hall–Kier alpha value is -1.35. The van der Waals surface area contributed by atoms with Gasteiger partial charge in [-0.3, -0.25) is 4.79 Å². The Morgan fingerprint density at radius 3 is 2.33 bits per heavy atom. The quantitative estimate of drug-likeness (QED) is 0.791. The Balaban J connectivity index is 2.20. The van der Waals surface area contributed by atoms with Crippen LogP contribution in [0.25, 0.3) is 0 Å². The van der Waals surface area contributed by atoms with Gasteiger partial charge in [0.05, 0.1) is 5.92 Å². The van der Waals surface area contributed by atoms with E-state index in [1.807, 2.05) is 24.3 Å². The van der Waals surface area contributed by atoms with Crippen LogP contribution in [0, 0.1) is 0 Å². The third kappa shape index (κ3) is 1.88. The van der Waals surface area contributed by atoms with E-state index in [1.54, 1.807) is 6.92 Å². The molecule has 0 heterocycles. The van der Waals surface area contributed by atoms with Gasteiger partial charge in [0, 0.05) is 5.54 Å². The molecule has 15 heavy (non-hydrogen) atoms. The summed E-state index contributed by atoms with van der Waals surface area (Å²) in [5, 5.41) is 8.85. The maximum Gasteiger partial charge on any atom is 0.310 e. The summed E-state index contributed by atoms with van der Waals surface area (Å²) in [4.78, 5) is 10.8. The highest BCUT2D eigenvalue weighted by molar-refractivity contribution is 5.75. The Morgan fingerprint density at radius 2 is 1.93 bits per heavy atom. The van der Waals surface area contributed by atoms with Crippen molar-refractivity contribution in [2.75, 3.05) is 0 Å². The first-order chi connectivity index (χ1) is 7.03. The lowest BCUT2D eigenvalue weighted by atomic mass is 9.97. The summed E-state index contributed by atoms with van der Waals surface area (Å²) in [5.74, 6) is -1.25. The molecule has 1 aromatic rings. The van der Waals surface area contributed by atoms with Gasteiger partial charge >= 0.3 is 5.97 Å². The van der Waals surface area contributed by atoms with E-state index in [-0.39, 0.29) is 5.54 Å². The number of rotatable bonds is 3. The molecular formula is C12H15NO2. The van der Waals surface area contributed by atoms with E-state index < -0.39 is 11.9 Å². The van der Waals surface area contributed by atoms with Crippen LogP contribution in [0.15, 0.2) is 24.3 Å². The first kappa shape index (κ1) is 10.2. The zero-order chi connectivity index (χ0) is 11.1. The standard InChI is InChI=1S/C12H15NO2/c1-8(11(14)15)9-2-4-10(5-3-9)12(13)6-7-12/h2-5,8H,6-7,13H2,1H3,(H,14,15). The highest BCUT2D eigenvalue weighted by atomic mass is 16.4. The molecule has 3 N–H and O–H groups in total. The molecule has 0 bridgehead atoms. The van der Waals surface area contributed by atoms with Gasteiger partial charge in [0.15, 0.2) is 0 Å². The normalized spacial score (nSPS) is 19.6. The van der Waals surface area contributed by atoms with Crippen LogP contribution in [0.3, 0.4) is 0 Å². The minimum Gasteiger partial charge on any atom is -0.481 e. The van der Waals surface area contributed by atoms with Crippen LogP contribution in [-0.4, -0.2) is 11.1 Å². The van der Waals surface area contributed by atoms with Gasteiger partial charge in [-0.05, 0) is 30.9 Å². The fourth-order valence-electron chi connectivity index (χ4n) is 1.67. The minimum absolute atomic E-state index is 0.134. The maximum absolute atomic E-state index is 10.8. The van der Waals surface area contributed by atoms with Gasteiger partial charge < -0.3 is 10.8 Å². The summed E-state index contributed by atoms with van der Waals surface area (Å²) in [7, 11) is 0. The summed E-state index contributed by atoms with van der Waals surface area (Å²) >= 11 is 0. The Kier molecular flexibility index (Phi) is 2.27. The molecule has 0 amide bonds. The zero-order valence-electron chi connectivity index (χ0n) is 8.73. The van der Waals surface area contributed by atoms with Crippen LogP contribution in [0.5, 0.6) is 0 Å². The summed E-state index contributed by atoms with van der Waals surface area (Å²) in [6, 6.07) is 7.62. The molecule has 1 saturated carbocycles. The van der Waals surface area contributed by atoms with Crippen LogP contribution in [0.2, 0.25) is 0 Å². The molecule has 1 aliphatic rings. The van der Waals surface area contributed by atoms with Crippen molar-refractivity contribution in [2.24, 2.45) is 5.73 Å². The molecule has 0 radical (unpaired) electrons. The van der Waals surface area contributed by atoms with Crippen molar-refractivity contribution in [3.63, 3.8) is 0 Å². The summed E-state index contributed by atoms with van der Waals surface area (Å²) in [6.07, 6.45) is 2.06. The number of aliphatic carboxylic acids is 1. The molecule has 0 spiro atoms. The van der Waals surface area contributed by atoms with E-state index in [0.29, 0.717) is 0 Å². The first-order valence-corrected chi connectivity index (χ1v) is 5.15. The second-order valence-corrected chi connectivity index (χ2v) is 4.34. The lowest BCUT2D eigenvalue weighted by molar-refractivity contribution is -0.138. The summed E-state index contributed by atoms with van der Waals surface area (Å²) < 4.78 is 0. The van der Waals surface area contributed by atoms with E-state index in [0.717, 1.165) is 24.0 Å². The monoisotopic (exact) mass is 205 g/mol. The molecule has 0 aromatic heterocycles. The van der Waals surface area contributed by atoms with E-state index in [4.69, 9.17) is 10.8 Å². The van der Waals surface area contributed by atoms with Crippen molar-refractivity contribution < 1.29 is 9.90 Å². The smallest absolute Gasteiger partial charge is 0.310 e. The third-order valence-electron chi connectivity index (χ3n) is 3.14. The summed E-state index contributed by atoms with van der Waals surface area (Å²) in [6.45, 7) is 1.69. The lowest BCUT2D eigenvalue weighted by Crippen LogP contribution is -2.18. The third-order valence-corrected chi connectivity index (χ3v) is 3.14. The van der Waals surface area contributed by atoms with Crippen molar-refractivity contribution >= 4 is 5.97 Å². The Bertz CT molecular complexity index is 379. The van der Waals surface area contributed by atoms with Crippen molar-refractivity contribution in [3.8, 4) is 0 Å². The van der Waals surface area contributed by atoms with Gasteiger partial charge in [0.1, 0.15) is 0 Å². The number of carboxylic acids is 1. The Labute approximate surface area is 88.9 Å². The van der Waals surface area contributed by atoms with Crippen LogP contribution in [0.4, 0.5) is 0 Å². The topological polar surface area (TPSA) is 63.3 Å². The number of carboxylic acid groups (broad SMARTS) is 1. The molecule has 0 saturated heterocycles. The SMILES string of the molecule is CC(C(=O)O)c1ccc(C2(N)CC2)cc1. The van der Waals surface area contributed by atoms with Gasteiger partial charge in [-0.15, -0.1) is 0 Å². The molecule has 1 aliphatic carbocycles. The van der Waals surface area contributed by atoms with E-state index in [9.17, 15) is 4.79 Å². The second kappa shape index (κ2) is 3.35. The fourth-order valence-corrected chi connectivity index (χ4v) is 1.67. The van der Waals surface area contributed by atoms with Gasteiger partial charge in [-0.2, -0.15) is 0 Å². The molecule has 3 heteroatoms. The van der Waals surface area contributed by atoms with Gasteiger partial charge in [0.25, 0.3) is 0 Å². The average molecular weight is 205 g/mol. The number of hydrogen-bond acceptors (Lipinski definition) is 2. The molecule has 1 atom stereocenters. The van der Waals surface area contributed by atoms with Gasteiger partial charge in [-0.1, -0.05) is 24.3 Å². The second-order valence-electron chi connectivity index (χ2n) is 4.34. The van der Waals surface area contributed by atoms with Crippen LogP contribution >= 0.6 is 0 Å². The molecule has 1 fully saturated rings. The predicted molar refractivity (Wildman–Crippen MR) is 57.6 cm³/mol. The number of hydrogen-bond donors (Lipinski definition) is 2. The number of benzene rings is 1. The highest BCUT2D eigenvalue weighted by Gasteiger charge is 2.39. The molecular weight excluding hydrogens is 190 g/mol. The Morgan fingerprint density at radius 1 is 1.40 bits per heavy atom. The molecule has 0 aliphatic heterocycles. The van der Waals surface area contributed by atoms with Crippen LogP contribution in [-0.2, 0) is 10.3 Å². The van der Waals surface area contributed by atoms with E-state index >= 15 is 0 Å². The van der Waals surface area contributed by atoms with E-state index in [1.165, 1.54) is 0 Å². The lowest BCUT2D eigenvalue weighted by Gasteiger charge is -2.11. The van der Waals surface area contributed by atoms with Gasteiger partial charge in [-0.25, -0.2) is 0 Å². The van der Waals surface area contributed by atoms with Gasteiger partial charge in [0.2, 0.25) is 0 Å². The highest BCUT2D eigenvalue weighted by Crippen LogP contribution is 2.42. The fraction of sp³-hybridized carbons (Fsp3) is 0.417. The largest absolute Gasteiger partial charge is 0.481 e. The molecule has 80 valence electrons.